The number of hydrogen-bond donors (Lipinski definition) is 1. The van der Waals surface area contributed by atoms with Crippen molar-refractivity contribution < 1.29 is 22.7 Å². The average Bonchev–Trinajstić information content (AvgIpc) is 2.34. The van der Waals surface area contributed by atoms with Gasteiger partial charge in [-0.2, -0.15) is 13.2 Å². The molecule has 1 N–H and O–H groups in total. The van der Waals surface area contributed by atoms with Gasteiger partial charge >= 0.3 is 6.18 Å². The molecule has 0 aliphatic rings. The van der Waals surface area contributed by atoms with Gasteiger partial charge in [0.25, 0.3) is 0 Å². The van der Waals surface area contributed by atoms with Crippen molar-refractivity contribution in [1.29, 1.82) is 0 Å². The number of aliphatic hydroxyl groups excluding tert-OH is 1. The number of rotatable bonds is 1. The Labute approximate surface area is 60.2 Å². The summed E-state index contributed by atoms with van der Waals surface area (Å²) < 4.78 is 39.5. The van der Waals surface area contributed by atoms with Crippen LogP contribution in [0, 0.1) is 0 Å². The molecule has 0 saturated heterocycles. The first-order valence-corrected chi connectivity index (χ1v) is 2.80. The maximum Gasteiger partial charge on any atom is 0.421 e. The van der Waals surface area contributed by atoms with E-state index >= 15 is 0 Å². The largest absolute Gasteiger partial charge is 0.466 e. The fourth-order valence-corrected chi connectivity index (χ4v) is 0.608. The smallest absolute Gasteiger partial charge is 0.421 e. The van der Waals surface area contributed by atoms with Crippen molar-refractivity contribution in [3.63, 3.8) is 0 Å². The van der Waals surface area contributed by atoms with Crippen LogP contribution in [-0.2, 0) is 0 Å². The Morgan fingerprint density at radius 2 is 2.09 bits per heavy atom. The summed E-state index contributed by atoms with van der Waals surface area (Å²) in [5.74, 6) is -0.488. The zero-order chi connectivity index (χ0) is 8.48. The first-order valence-electron chi connectivity index (χ1n) is 2.80. The molecular weight excluding hydrogens is 161 g/mol. The highest BCUT2D eigenvalue weighted by Crippen LogP contribution is 2.32. The molecule has 1 atom stereocenters. The average molecular weight is 166 g/mol. The predicted molar refractivity (Wildman–Crippen MR) is 29.7 cm³/mol. The van der Waals surface area contributed by atoms with Crippen molar-refractivity contribution in [3.05, 3.63) is 24.2 Å². The minimum absolute atomic E-state index is 0.488. The quantitative estimate of drug-likeness (QED) is 0.690. The maximum atomic E-state index is 11.7. The molecule has 0 aromatic carbocycles. The highest BCUT2D eigenvalue weighted by atomic mass is 19.4. The fourth-order valence-electron chi connectivity index (χ4n) is 0.608. The molecule has 1 heterocycles. The molecule has 0 bridgehead atoms. The molecule has 5 heteroatoms. The Hall–Kier alpha value is -0.970. The highest BCUT2D eigenvalue weighted by molar-refractivity contribution is 5.03. The summed E-state index contributed by atoms with van der Waals surface area (Å²) in [6.45, 7) is 0. The van der Waals surface area contributed by atoms with Crippen LogP contribution in [0.2, 0.25) is 0 Å². The van der Waals surface area contributed by atoms with Gasteiger partial charge in [-0.3, -0.25) is 0 Å². The van der Waals surface area contributed by atoms with Gasteiger partial charge in [0.05, 0.1) is 6.26 Å². The van der Waals surface area contributed by atoms with E-state index in [1.165, 1.54) is 6.07 Å². The van der Waals surface area contributed by atoms with Crippen molar-refractivity contribution in [1.82, 2.24) is 0 Å². The van der Waals surface area contributed by atoms with Crippen LogP contribution in [0.15, 0.2) is 22.8 Å². The van der Waals surface area contributed by atoms with Crippen molar-refractivity contribution in [2.75, 3.05) is 0 Å². The third-order valence-corrected chi connectivity index (χ3v) is 1.12. The number of halogens is 3. The van der Waals surface area contributed by atoms with Crippen LogP contribution >= 0.6 is 0 Å². The van der Waals surface area contributed by atoms with Crippen LogP contribution in [0.25, 0.3) is 0 Å². The number of hydrogen-bond acceptors (Lipinski definition) is 2. The Morgan fingerprint density at radius 3 is 2.45 bits per heavy atom. The van der Waals surface area contributed by atoms with Crippen LogP contribution < -0.4 is 0 Å². The zero-order valence-corrected chi connectivity index (χ0v) is 5.30. The third-order valence-electron chi connectivity index (χ3n) is 1.12. The van der Waals surface area contributed by atoms with E-state index in [0.29, 0.717) is 0 Å². The number of aliphatic hydroxyl groups is 1. The third kappa shape index (κ3) is 1.74. The fraction of sp³-hybridized carbons (Fsp3) is 0.333. The van der Waals surface area contributed by atoms with Gasteiger partial charge in [0.15, 0.2) is 0 Å². The van der Waals surface area contributed by atoms with Gasteiger partial charge in [-0.1, -0.05) is 0 Å². The number of furan rings is 1. The molecule has 0 saturated carbocycles. The van der Waals surface area contributed by atoms with Crippen molar-refractivity contribution >= 4 is 0 Å². The Balaban J connectivity index is 2.78. The van der Waals surface area contributed by atoms with Crippen molar-refractivity contribution in [2.24, 2.45) is 0 Å². The molecule has 2 nitrogen and oxygen atoms in total. The second kappa shape index (κ2) is 2.58. The van der Waals surface area contributed by atoms with E-state index < -0.39 is 18.0 Å². The van der Waals surface area contributed by atoms with Crippen molar-refractivity contribution in [2.45, 2.75) is 12.3 Å². The lowest BCUT2D eigenvalue weighted by atomic mass is 10.3. The Bertz CT molecular complexity index is 214. The van der Waals surface area contributed by atoms with Crippen LogP contribution in [0.4, 0.5) is 13.2 Å². The predicted octanol–water partition coefficient (Wildman–Crippen LogP) is 1.88. The van der Waals surface area contributed by atoms with Crippen LogP contribution in [0.1, 0.15) is 11.9 Å². The Kier molecular flexibility index (Phi) is 1.90. The normalized spacial score (nSPS) is 14.9. The summed E-state index contributed by atoms with van der Waals surface area (Å²) in [4.78, 5) is 0. The minimum atomic E-state index is -4.65. The molecule has 0 amide bonds. The summed E-state index contributed by atoms with van der Waals surface area (Å²) in [7, 11) is 0. The van der Waals surface area contributed by atoms with Crippen LogP contribution in [0.5, 0.6) is 0 Å². The molecule has 11 heavy (non-hydrogen) atoms. The summed E-state index contributed by atoms with van der Waals surface area (Å²) >= 11 is 0. The summed E-state index contributed by atoms with van der Waals surface area (Å²) in [5.41, 5.74) is 0. The van der Waals surface area contributed by atoms with Gasteiger partial charge < -0.3 is 9.52 Å². The summed E-state index contributed by atoms with van der Waals surface area (Å²) in [6, 6.07) is 2.35. The van der Waals surface area contributed by atoms with E-state index in [-0.39, 0.29) is 0 Å². The lowest BCUT2D eigenvalue weighted by Gasteiger charge is -2.10. The van der Waals surface area contributed by atoms with Gasteiger partial charge in [-0.05, 0) is 12.1 Å². The Morgan fingerprint density at radius 1 is 1.45 bits per heavy atom. The molecule has 1 rings (SSSR count). The molecule has 0 aliphatic heterocycles. The summed E-state index contributed by atoms with van der Waals surface area (Å²) in [6.07, 6.45) is -6.10. The first kappa shape index (κ1) is 8.13. The van der Waals surface area contributed by atoms with Gasteiger partial charge in [-0.15, -0.1) is 0 Å². The molecule has 62 valence electrons. The molecule has 0 radical (unpaired) electrons. The van der Waals surface area contributed by atoms with Crippen LogP contribution in [-0.4, -0.2) is 11.3 Å². The first-order chi connectivity index (χ1) is 5.02. The van der Waals surface area contributed by atoms with E-state index in [1.807, 2.05) is 0 Å². The van der Waals surface area contributed by atoms with Gasteiger partial charge in [0, 0.05) is 0 Å². The molecule has 0 fully saturated rings. The molecular formula is C6H5F3O2. The van der Waals surface area contributed by atoms with E-state index in [2.05, 4.69) is 4.42 Å². The highest BCUT2D eigenvalue weighted by Gasteiger charge is 2.41. The lowest BCUT2D eigenvalue weighted by molar-refractivity contribution is -0.211. The second-order valence-corrected chi connectivity index (χ2v) is 1.96. The van der Waals surface area contributed by atoms with E-state index in [1.54, 1.807) is 0 Å². The SMILES string of the molecule is OC(c1ccco1)C(F)(F)F. The van der Waals surface area contributed by atoms with E-state index in [4.69, 9.17) is 5.11 Å². The maximum absolute atomic E-state index is 11.7. The van der Waals surface area contributed by atoms with E-state index in [9.17, 15) is 13.2 Å². The number of alkyl halides is 3. The van der Waals surface area contributed by atoms with Crippen LogP contribution in [0.3, 0.4) is 0 Å². The molecule has 1 aromatic rings. The van der Waals surface area contributed by atoms with Gasteiger partial charge in [0.1, 0.15) is 5.76 Å². The molecule has 0 aliphatic carbocycles. The minimum Gasteiger partial charge on any atom is -0.466 e. The monoisotopic (exact) mass is 166 g/mol. The van der Waals surface area contributed by atoms with Gasteiger partial charge in [-0.25, -0.2) is 0 Å². The summed E-state index contributed by atoms with van der Waals surface area (Å²) in [5, 5.41) is 8.53. The molecule has 1 aromatic heterocycles. The lowest BCUT2D eigenvalue weighted by Crippen LogP contribution is -2.19. The second-order valence-electron chi connectivity index (χ2n) is 1.96. The standard InChI is InChI=1S/C6H5F3O2/c7-6(8,9)5(10)4-2-1-3-11-4/h1-3,5,10H. The molecule has 1 unspecified atom stereocenters. The van der Waals surface area contributed by atoms with E-state index in [0.717, 1.165) is 12.3 Å². The van der Waals surface area contributed by atoms with Crippen molar-refractivity contribution in [3.8, 4) is 0 Å². The topological polar surface area (TPSA) is 33.4 Å². The zero-order valence-electron chi connectivity index (χ0n) is 5.30. The van der Waals surface area contributed by atoms with Gasteiger partial charge in [0.2, 0.25) is 6.10 Å². The molecule has 0 spiro atoms.